The minimum Gasteiger partial charge on any atom is -0.493 e. The molecule has 0 saturated carbocycles. The average Bonchev–Trinajstić information content (AvgIpc) is 2.36. The van der Waals surface area contributed by atoms with E-state index < -0.39 is 10.0 Å². The zero-order valence-corrected chi connectivity index (χ0v) is 13.6. The molecule has 7 heteroatoms. The summed E-state index contributed by atoms with van der Waals surface area (Å²) in [7, 11) is -2.20. The lowest BCUT2D eigenvalue weighted by Gasteiger charge is -2.17. The van der Waals surface area contributed by atoms with Crippen LogP contribution in [0, 0.1) is 6.92 Å². The average molecular weight is 314 g/mol. The van der Waals surface area contributed by atoms with E-state index in [1.807, 2.05) is 13.8 Å². The minimum absolute atomic E-state index is 0.0705. The number of hydrogen-bond donors (Lipinski definition) is 2. The number of sulfonamides is 1. The Morgan fingerprint density at radius 3 is 2.48 bits per heavy atom. The Morgan fingerprint density at radius 2 is 2.00 bits per heavy atom. The zero-order chi connectivity index (χ0) is 16.2. The molecule has 1 rings (SSSR count). The van der Waals surface area contributed by atoms with Crippen LogP contribution in [0.15, 0.2) is 17.0 Å². The molecule has 0 spiro atoms. The molecule has 0 aromatic heterocycles. The second kappa shape index (κ2) is 6.91. The molecule has 21 heavy (non-hydrogen) atoms. The number of carbonyl (C=O) groups excluding carboxylic acids is 1. The van der Waals surface area contributed by atoms with E-state index in [1.54, 1.807) is 26.1 Å². The molecule has 1 amide bonds. The molecular weight excluding hydrogens is 292 g/mol. The molecule has 6 nitrogen and oxygen atoms in total. The predicted octanol–water partition coefficient (Wildman–Crippen LogP) is 1.28. The Labute approximate surface area is 125 Å². The van der Waals surface area contributed by atoms with Crippen LogP contribution in [0.4, 0.5) is 0 Å². The molecule has 3 N–H and O–H groups in total. The van der Waals surface area contributed by atoms with Gasteiger partial charge in [0.15, 0.2) is 0 Å². The fraction of sp³-hybridized carbons (Fsp3) is 0.500. The van der Waals surface area contributed by atoms with Gasteiger partial charge >= 0.3 is 0 Å². The molecule has 0 unspecified atom stereocenters. The monoisotopic (exact) mass is 314 g/mol. The van der Waals surface area contributed by atoms with Gasteiger partial charge in [-0.3, -0.25) is 4.79 Å². The second-order valence-electron chi connectivity index (χ2n) is 5.13. The van der Waals surface area contributed by atoms with Crippen LogP contribution < -0.4 is 15.2 Å². The summed E-state index contributed by atoms with van der Waals surface area (Å²) in [6.45, 7) is 5.76. The number of ether oxygens (including phenoxy) is 1. The topological polar surface area (TPSA) is 98.5 Å². The molecular formula is C14H22N2O4S. The van der Waals surface area contributed by atoms with Crippen LogP contribution in [0.2, 0.25) is 0 Å². The van der Waals surface area contributed by atoms with Crippen molar-refractivity contribution in [3.63, 3.8) is 0 Å². The fourth-order valence-electron chi connectivity index (χ4n) is 1.94. The Kier molecular flexibility index (Phi) is 5.74. The van der Waals surface area contributed by atoms with Crippen molar-refractivity contribution in [2.45, 2.75) is 38.0 Å². The van der Waals surface area contributed by atoms with Gasteiger partial charge in [0.25, 0.3) is 0 Å². The normalized spacial score (nSPS) is 11.5. The molecule has 0 heterocycles. The van der Waals surface area contributed by atoms with Gasteiger partial charge in [-0.1, -0.05) is 13.8 Å². The summed E-state index contributed by atoms with van der Waals surface area (Å²) in [5, 5.41) is 7.73. The standard InChI is InChI=1S/C14H22N2O4S/c1-9(2)11-8-13(21(15,18)19)10(3)7-12(11)20-6-5-14(17)16-4/h7-9H,5-6H2,1-4H3,(H,16,17)(H2,15,18,19). The number of primary sulfonamides is 1. The second-order valence-corrected chi connectivity index (χ2v) is 6.66. The highest BCUT2D eigenvalue weighted by Gasteiger charge is 2.18. The van der Waals surface area contributed by atoms with Crippen LogP contribution in [-0.4, -0.2) is 28.0 Å². The third-order valence-corrected chi connectivity index (χ3v) is 4.15. The van der Waals surface area contributed by atoms with Crippen molar-refractivity contribution in [2.24, 2.45) is 5.14 Å². The highest BCUT2D eigenvalue weighted by molar-refractivity contribution is 7.89. The van der Waals surface area contributed by atoms with Crippen LogP contribution >= 0.6 is 0 Å². The summed E-state index contributed by atoms with van der Waals surface area (Å²) >= 11 is 0. The number of nitrogens with one attached hydrogen (secondary N) is 1. The lowest BCUT2D eigenvalue weighted by atomic mass is 10.0. The van der Waals surface area contributed by atoms with E-state index in [1.165, 1.54) is 0 Å². The quantitative estimate of drug-likeness (QED) is 0.826. The van der Waals surface area contributed by atoms with E-state index >= 15 is 0 Å². The first-order chi connectivity index (χ1) is 9.66. The number of rotatable bonds is 6. The third-order valence-electron chi connectivity index (χ3n) is 3.10. The smallest absolute Gasteiger partial charge is 0.238 e. The van der Waals surface area contributed by atoms with Crippen LogP contribution in [0.3, 0.4) is 0 Å². The fourth-order valence-corrected chi connectivity index (χ4v) is 2.74. The van der Waals surface area contributed by atoms with E-state index in [9.17, 15) is 13.2 Å². The number of carbonyl (C=O) groups is 1. The largest absolute Gasteiger partial charge is 0.493 e. The van der Waals surface area contributed by atoms with Gasteiger partial charge in [-0.2, -0.15) is 0 Å². The molecule has 1 aromatic carbocycles. The van der Waals surface area contributed by atoms with Crippen LogP contribution in [0.1, 0.15) is 37.3 Å². The Bertz CT molecular complexity index is 624. The first-order valence-corrected chi connectivity index (χ1v) is 8.22. The van der Waals surface area contributed by atoms with Gasteiger partial charge in [-0.05, 0) is 36.1 Å². The van der Waals surface area contributed by atoms with Gasteiger partial charge in [0.05, 0.1) is 17.9 Å². The summed E-state index contributed by atoms with van der Waals surface area (Å²) in [5.74, 6) is 0.541. The van der Waals surface area contributed by atoms with Gasteiger partial charge in [0.2, 0.25) is 15.9 Å². The molecule has 0 aliphatic heterocycles. The predicted molar refractivity (Wildman–Crippen MR) is 80.8 cm³/mol. The van der Waals surface area contributed by atoms with Crippen LogP contribution in [0.5, 0.6) is 5.75 Å². The zero-order valence-electron chi connectivity index (χ0n) is 12.8. The van der Waals surface area contributed by atoms with Gasteiger partial charge in [0.1, 0.15) is 5.75 Å². The maximum Gasteiger partial charge on any atom is 0.238 e. The van der Waals surface area contributed by atoms with E-state index in [-0.39, 0.29) is 29.7 Å². The first kappa shape index (κ1) is 17.5. The van der Waals surface area contributed by atoms with Crippen molar-refractivity contribution >= 4 is 15.9 Å². The summed E-state index contributed by atoms with van der Waals surface area (Å²) in [4.78, 5) is 11.3. The van der Waals surface area contributed by atoms with Crippen LogP contribution in [-0.2, 0) is 14.8 Å². The molecule has 0 radical (unpaired) electrons. The first-order valence-electron chi connectivity index (χ1n) is 6.67. The number of benzene rings is 1. The van der Waals surface area contributed by atoms with Crippen LogP contribution in [0.25, 0.3) is 0 Å². The maximum absolute atomic E-state index is 11.6. The van der Waals surface area contributed by atoms with Crippen molar-refractivity contribution < 1.29 is 17.9 Å². The molecule has 0 aliphatic rings. The van der Waals surface area contributed by atoms with Crippen molar-refractivity contribution in [2.75, 3.05) is 13.7 Å². The van der Waals surface area contributed by atoms with Gasteiger partial charge < -0.3 is 10.1 Å². The summed E-state index contributed by atoms with van der Waals surface area (Å²) in [6, 6.07) is 3.20. The van der Waals surface area contributed by atoms with Gasteiger partial charge in [0, 0.05) is 7.05 Å². The number of hydrogen-bond acceptors (Lipinski definition) is 4. The molecule has 0 aliphatic carbocycles. The lowest BCUT2D eigenvalue weighted by Crippen LogP contribution is -2.20. The molecule has 0 atom stereocenters. The molecule has 0 bridgehead atoms. The van der Waals surface area contributed by atoms with Gasteiger partial charge in [-0.25, -0.2) is 13.6 Å². The number of nitrogens with two attached hydrogens (primary N) is 1. The Balaban J connectivity index is 3.09. The summed E-state index contributed by atoms with van der Waals surface area (Å²) in [6.07, 6.45) is 0.240. The molecule has 0 fully saturated rings. The molecule has 118 valence electrons. The Hall–Kier alpha value is -1.60. The number of amides is 1. The number of aryl methyl sites for hydroxylation is 1. The molecule has 0 saturated heterocycles. The van der Waals surface area contributed by atoms with E-state index in [0.717, 1.165) is 5.56 Å². The van der Waals surface area contributed by atoms with E-state index in [4.69, 9.17) is 9.88 Å². The molecule has 1 aromatic rings. The highest BCUT2D eigenvalue weighted by atomic mass is 32.2. The maximum atomic E-state index is 11.6. The summed E-state index contributed by atoms with van der Waals surface area (Å²) < 4.78 is 28.8. The van der Waals surface area contributed by atoms with E-state index in [2.05, 4.69) is 5.32 Å². The van der Waals surface area contributed by atoms with Crippen molar-refractivity contribution in [3.05, 3.63) is 23.3 Å². The Morgan fingerprint density at radius 1 is 1.38 bits per heavy atom. The highest BCUT2D eigenvalue weighted by Crippen LogP contribution is 2.31. The third kappa shape index (κ3) is 4.71. The van der Waals surface area contributed by atoms with Crippen molar-refractivity contribution in [1.29, 1.82) is 0 Å². The van der Waals surface area contributed by atoms with Gasteiger partial charge in [-0.15, -0.1) is 0 Å². The lowest BCUT2D eigenvalue weighted by molar-refractivity contribution is -0.121. The van der Waals surface area contributed by atoms with Crippen molar-refractivity contribution in [1.82, 2.24) is 5.32 Å². The minimum atomic E-state index is -3.76. The van der Waals surface area contributed by atoms with Crippen molar-refractivity contribution in [3.8, 4) is 5.75 Å². The SMILES string of the molecule is CNC(=O)CCOc1cc(C)c(S(N)(=O)=O)cc1C(C)C. The van der Waals surface area contributed by atoms with E-state index in [0.29, 0.717) is 11.3 Å². The summed E-state index contributed by atoms with van der Waals surface area (Å²) in [5.41, 5.74) is 1.28.